The lowest BCUT2D eigenvalue weighted by atomic mass is 10.0. The van der Waals surface area contributed by atoms with Crippen LogP contribution in [-0.2, 0) is 15.6 Å². The summed E-state index contributed by atoms with van der Waals surface area (Å²) in [6.45, 7) is 6.04. The fraction of sp³-hybridized carbons (Fsp3) is 0.500. The van der Waals surface area contributed by atoms with Crippen molar-refractivity contribution in [3.8, 4) is 0 Å². The van der Waals surface area contributed by atoms with Gasteiger partial charge in [0.05, 0.1) is 10.6 Å². The Morgan fingerprint density at radius 3 is 2.54 bits per heavy atom. The first-order valence-corrected chi connectivity index (χ1v) is 10.9. The molecular formula is C18H23ClN4O4S. The summed E-state index contributed by atoms with van der Waals surface area (Å²) in [5.41, 5.74) is -0.714. The zero-order valence-electron chi connectivity index (χ0n) is 16.0. The zero-order valence-corrected chi connectivity index (χ0v) is 17.6. The molecule has 1 aromatic carbocycles. The molecule has 3 rings (SSSR count). The molecule has 28 heavy (non-hydrogen) atoms. The van der Waals surface area contributed by atoms with Crippen molar-refractivity contribution in [2.75, 3.05) is 13.1 Å². The number of aromatic nitrogens is 2. The van der Waals surface area contributed by atoms with Gasteiger partial charge in [-0.15, -0.1) is 0 Å². The van der Waals surface area contributed by atoms with Gasteiger partial charge in [0, 0.05) is 25.6 Å². The van der Waals surface area contributed by atoms with Crippen LogP contribution in [0.3, 0.4) is 0 Å². The van der Waals surface area contributed by atoms with E-state index in [1.165, 1.54) is 22.5 Å². The van der Waals surface area contributed by atoms with Crippen LogP contribution in [-0.4, -0.2) is 41.9 Å². The topological polar surface area (TPSA) is 105 Å². The van der Waals surface area contributed by atoms with Gasteiger partial charge >= 0.3 is 0 Å². The predicted octanol–water partition coefficient (Wildman–Crippen LogP) is 2.87. The van der Waals surface area contributed by atoms with E-state index < -0.39 is 21.5 Å². The molecule has 0 atom stereocenters. The van der Waals surface area contributed by atoms with Gasteiger partial charge < -0.3 is 9.84 Å². The Labute approximate surface area is 169 Å². The third-order valence-corrected chi connectivity index (χ3v) is 7.02. The summed E-state index contributed by atoms with van der Waals surface area (Å²) >= 11 is 6.17. The molecular weight excluding hydrogens is 404 g/mol. The highest BCUT2D eigenvalue weighted by atomic mass is 35.5. The van der Waals surface area contributed by atoms with E-state index in [-0.39, 0.29) is 15.5 Å². The molecule has 1 N–H and O–H groups in total. The van der Waals surface area contributed by atoms with E-state index >= 15 is 0 Å². The molecule has 0 saturated carbocycles. The SMILES string of the molecule is Cc1nc(C(C)(C)NC(=O)c2ccc(Cl)c(S(=O)(=O)N3CCCCC3)c2)no1. The first-order valence-electron chi connectivity index (χ1n) is 9.04. The number of hydrogen-bond acceptors (Lipinski definition) is 6. The highest BCUT2D eigenvalue weighted by molar-refractivity contribution is 7.89. The minimum absolute atomic E-state index is 0.0584. The van der Waals surface area contributed by atoms with E-state index in [0.717, 1.165) is 19.3 Å². The highest BCUT2D eigenvalue weighted by Crippen LogP contribution is 2.28. The summed E-state index contributed by atoms with van der Waals surface area (Å²) in [7, 11) is -3.76. The molecule has 1 aromatic heterocycles. The van der Waals surface area contributed by atoms with Crippen LogP contribution in [0.15, 0.2) is 27.6 Å². The van der Waals surface area contributed by atoms with Crippen LogP contribution in [0.4, 0.5) is 0 Å². The van der Waals surface area contributed by atoms with Gasteiger partial charge in [-0.05, 0) is 44.9 Å². The van der Waals surface area contributed by atoms with Crippen molar-refractivity contribution in [1.82, 2.24) is 19.8 Å². The Morgan fingerprint density at radius 1 is 1.25 bits per heavy atom. The fourth-order valence-corrected chi connectivity index (χ4v) is 5.07. The lowest BCUT2D eigenvalue weighted by molar-refractivity contribution is 0.0907. The maximum absolute atomic E-state index is 13.0. The Kier molecular flexibility index (Phi) is 5.79. The van der Waals surface area contributed by atoms with Crippen LogP contribution in [0.2, 0.25) is 5.02 Å². The summed E-state index contributed by atoms with van der Waals surface area (Å²) in [4.78, 5) is 16.8. The minimum Gasteiger partial charge on any atom is -0.340 e. The van der Waals surface area contributed by atoms with Crippen molar-refractivity contribution in [3.05, 3.63) is 40.5 Å². The summed E-state index contributed by atoms with van der Waals surface area (Å²) < 4.78 is 32.3. The molecule has 8 nitrogen and oxygen atoms in total. The molecule has 1 saturated heterocycles. The number of carbonyl (C=O) groups excluding carboxylic acids is 1. The van der Waals surface area contributed by atoms with Crippen molar-refractivity contribution in [3.63, 3.8) is 0 Å². The Morgan fingerprint density at radius 2 is 1.93 bits per heavy atom. The molecule has 0 bridgehead atoms. The second kappa shape index (κ2) is 7.81. The number of piperidine rings is 1. The predicted molar refractivity (Wildman–Crippen MR) is 104 cm³/mol. The van der Waals surface area contributed by atoms with Crippen LogP contribution in [0.1, 0.15) is 55.2 Å². The largest absolute Gasteiger partial charge is 0.340 e. The lowest BCUT2D eigenvalue weighted by Crippen LogP contribution is -2.42. The van der Waals surface area contributed by atoms with E-state index in [9.17, 15) is 13.2 Å². The average Bonchev–Trinajstić information content (AvgIpc) is 3.09. The fourth-order valence-electron chi connectivity index (χ4n) is 3.05. The second-order valence-corrected chi connectivity index (χ2v) is 9.64. The quantitative estimate of drug-likeness (QED) is 0.787. The molecule has 1 aliphatic rings. The molecule has 152 valence electrons. The number of amides is 1. The van der Waals surface area contributed by atoms with E-state index in [1.807, 2.05) is 0 Å². The molecule has 0 spiro atoms. The van der Waals surface area contributed by atoms with Crippen molar-refractivity contribution < 1.29 is 17.7 Å². The Hall–Kier alpha value is -1.97. The number of carbonyl (C=O) groups is 1. The van der Waals surface area contributed by atoms with E-state index in [4.69, 9.17) is 16.1 Å². The Bertz CT molecular complexity index is 981. The number of rotatable bonds is 5. The zero-order chi connectivity index (χ0) is 20.5. The number of nitrogens with zero attached hydrogens (tertiary/aromatic N) is 3. The summed E-state index contributed by atoms with van der Waals surface area (Å²) in [5, 5.41) is 6.74. The minimum atomic E-state index is -3.76. The second-order valence-electron chi connectivity index (χ2n) is 7.33. The number of halogens is 1. The van der Waals surface area contributed by atoms with E-state index in [2.05, 4.69) is 15.5 Å². The molecule has 1 aliphatic heterocycles. The van der Waals surface area contributed by atoms with Gasteiger partial charge in [0.2, 0.25) is 15.9 Å². The van der Waals surface area contributed by atoms with Gasteiger partial charge in [0.25, 0.3) is 5.91 Å². The van der Waals surface area contributed by atoms with Crippen molar-refractivity contribution in [2.24, 2.45) is 0 Å². The standard InChI is InChI=1S/C18H23ClN4O4S/c1-12-20-17(22-27-12)18(2,3)21-16(24)13-7-8-14(19)15(11-13)28(25,26)23-9-5-4-6-10-23/h7-8,11H,4-6,9-10H2,1-3H3,(H,21,24). The summed E-state index contributed by atoms with van der Waals surface area (Å²) in [5.74, 6) is 0.256. The maximum atomic E-state index is 13.0. The molecule has 0 unspecified atom stereocenters. The van der Waals surface area contributed by atoms with Gasteiger partial charge in [-0.2, -0.15) is 9.29 Å². The van der Waals surface area contributed by atoms with E-state index in [0.29, 0.717) is 24.8 Å². The monoisotopic (exact) mass is 426 g/mol. The number of sulfonamides is 1. The molecule has 2 heterocycles. The number of nitrogens with one attached hydrogen (secondary N) is 1. The van der Waals surface area contributed by atoms with Gasteiger partial charge in [0.15, 0.2) is 5.82 Å². The van der Waals surface area contributed by atoms with Gasteiger partial charge in [0.1, 0.15) is 4.90 Å². The summed E-state index contributed by atoms with van der Waals surface area (Å²) in [6.07, 6.45) is 2.64. The number of hydrogen-bond donors (Lipinski definition) is 1. The van der Waals surface area contributed by atoms with Crippen LogP contribution < -0.4 is 5.32 Å². The molecule has 0 radical (unpaired) electrons. The average molecular weight is 427 g/mol. The summed E-state index contributed by atoms with van der Waals surface area (Å²) in [6, 6.07) is 4.24. The van der Waals surface area contributed by atoms with Crippen molar-refractivity contribution in [1.29, 1.82) is 0 Å². The van der Waals surface area contributed by atoms with Crippen LogP contribution >= 0.6 is 11.6 Å². The first-order chi connectivity index (χ1) is 13.1. The smallest absolute Gasteiger partial charge is 0.252 e. The number of benzene rings is 1. The third kappa shape index (κ3) is 4.21. The van der Waals surface area contributed by atoms with Crippen LogP contribution in [0.25, 0.3) is 0 Å². The highest BCUT2D eigenvalue weighted by Gasteiger charge is 2.31. The third-order valence-electron chi connectivity index (χ3n) is 4.64. The Balaban J connectivity index is 1.87. The van der Waals surface area contributed by atoms with Crippen LogP contribution in [0.5, 0.6) is 0 Å². The molecule has 1 amide bonds. The molecule has 2 aromatic rings. The lowest BCUT2D eigenvalue weighted by Gasteiger charge is -2.26. The molecule has 1 fully saturated rings. The van der Waals surface area contributed by atoms with Crippen LogP contribution in [0, 0.1) is 6.92 Å². The van der Waals surface area contributed by atoms with Crippen molar-refractivity contribution in [2.45, 2.75) is 50.5 Å². The van der Waals surface area contributed by atoms with Gasteiger partial charge in [-0.1, -0.05) is 23.2 Å². The normalized spacial score (nSPS) is 16.1. The number of aryl methyl sites for hydroxylation is 1. The van der Waals surface area contributed by atoms with Crippen molar-refractivity contribution >= 4 is 27.5 Å². The van der Waals surface area contributed by atoms with Gasteiger partial charge in [-0.25, -0.2) is 8.42 Å². The first kappa shape index (κ1) is 20.8. The van der Waals surface area contributed by atoms with E-state index in [1.54, 1.807) is 20.8 Å². The van der Waals surface area contributed by atoms with Gasteiger partial charge in [-0.3, -0.25) is 4.79 Å². The maximum Gasteiger partial charge on any atom is 0.252 e. The molecule has 0 aliphatic carbocycles. The molecule has 10 heteroatoms.